The molecule has 26 heavy (non-hydrogen) atoms. The highest BCUT2D eigenvalue weighted by molar-refractivity contribution is 5.94. The maximum absolute atomic E-state index is 12.6. The van der Waals surface area contributed by atoms with Gasteiger partial charge in [-0.05, 0) is 37.0 Å². The minimum atomic E-state index is 0.0235. The summed E-state index contributed by atoms with van der Waals surface area (Å²) in [5.41, 5.74) is 3.78. The van der Waals surface area contributed by atoms with E-state index in [-0.39, 0.29) is 12.1 Å². The Morgan fingerprint density at radius 3 is 2.46 bits per heavy atom. The quantitative estimate of drug-likeness (QED) is 0.910. The van der Waals surface area contributed by atoms with Crippen molar-refractivity contribution in [1.29, 1.82) is 0 Å². The number of fused-ring (bicyclic) bond motifs is 1. The van der Waals surface area contributed by atoms with Gasteiger partial charge in [-0.3, -0.25) is 9.80 Å². The highest BCUT2D eigenvalue weighted by Crippen LogP contribution is 2.43. The van der Waals surface area contributed by atoms with Crippen molar-refractivity contribution in [1.82, 2.24) is 10.2 Å². The molecule has 2 aromatic carbocycles. The largest absolute Gasteiger partial charge is 0.336 e. The van der Waals surface area contributed by atoms with Crippen LogP contribution >= 0.6 is 0 Å². The lowest BCUT2D eigenvalue weighted by Crippen LogP contribution is -2.50. The van der Waals surface area contributed by atoms with Crippen molar-refractivity contribution in [2.24, 2.45) is 5.92 Å². The Balaban J connectivity index is 1.43. The van der Waals surface area contributed by atoms with Crippen molar-refractivity contribution in [2.45, 2.75) is 32.4 Å². The third-order valence-corrected chi connectivity index (χ3v) is 5.47. The molecule has 1 fully saturated rings. The van der Waals surface area contributed by atoms with Gasteiger partial charge in [0.2, 0.25) is 0 Å². The Morgan fingerprint density at radius 2 is 1.73 bits per heavy atom. The fraction of sp³-hybridized carbons (Fsp3) is 0.409. The van der Waals surface area contributed by atoms with Gasteiger partial charge in [-0.25, -0.2) is 4.79 Å². The maximum atomic E-state index is 12.6. The summed E-state index contributed by atoms with van der Waals surface area (Å²) in [6.07, 6.45) is 0. The molecule has 2 aromatic rings. The Labute approximate surface area is 155 Å². The average molecular weight is 349 g/mol. The Kier molecular flexibility index (Phi) is 4.68. The van der Waals surface area contributed by atoms with Crippen LogP contribution in [-0.2, 0) is 6.54 Å². The molecule has 136 valence electrons. The smallest absolute Gasteiger partial charge is 0.322 e. The van der Waals surface area contributed by atoms with E-state index < -0.39 is 0 Å². The second-order valence-corrected chi connectivity index (χ2v) is 7.82. The number of likely N-dealkylation sites (tertiary alicyclic amines) is 1. The van der Waals surface area contributed by atoms with Crippen molar-refractivity contribution in [3.05, 3.63) is 65.7 Å². The van der Waals surface area contributed by atoms with E-state index in [4.69, 9.17) is 0 Å². The van der Waals surface area contributed by atoms with E-state index in [2.05, 4.69) is 58.7 Å². The molecule has 2 heterocycles. The molecule has 2 aliphatic heterocycles. The summed E-state index contributed by atoms with van der Waals surface area (Å²) in [6, 6.07) is 19.2. The second-order valence-electron chi connectivity index (χ2n) is 7.82. The number of hydrogen-bond acceptors (Lipinski definition) is 2. The number of nitrogens with zero attached hydrogens (tertiary/aromatic N) is 2. The summed E-state index contributed by atoms with van der Waals surface area (Å²) < 4.78 is 0. The van der Waals surface area contributed by atoms with Gasteiger partial charge in [0, 0.05) is 43.8 Å². The third-order valence-electron chi connectivity index (χ3n) is 5.47. The van der Waals surface area contributed by atoms with Gasteiger partial charge in [0.15, 0.2) is 0 Å². The number of urea groups is 1. The zero-order valence-corrected chi connectivity index (χ0v) is 15.6. The number of anilines is 1. The monoisotopic (exact) mass is 349 g/mol. The van der Waals surface area contributed by atoms with Crippen molar-refractivity contribution in [3.8, 4) is 0 Å². The molecule has 4 nitrogen and oxygen atoms in total. The first-order valence-electron chi connectivity index (χ1n) is 9.55. The van der Waals surface area contributed by atoms with Gasteiger partial charge in [-0.15, -0.1) is 0 Å². The molecule has 2 amide bonds. The van der Waals surface area contributed by atoms with Gasteiger partial charge in [0.05, 0.1) is 0 Å². The van der Waals surface area contributed by atoms with E-state index in [0.29, 0.717) is 11.8 Å². The zero-order valence-electron chi connectivity index (χ0n) is 15.6. The Bertz CT molecular complexity index is 768. The number of para-hydroxylation sites is 1. The van der Waals surface area contributed by atoms with Gasteiger partial charge in [0.25, 0.3) is 0 Å². The number of carbonyl (C=O) groups excluding carboxylic acids is 1. The lowest BCUT2D eigenvalue weighted by Gasteiger charge is -2.42. The van der Waals surface area contributed by atoms with Crippen LogP contribution in [0.3, 0.4) is 0 Å². The van der Waals surface area contributed by atoms with Crippen molar-refractivity contribution >= 4 is 11.7 Å². The number of benzene rings is 2. The van der Waals surface area contributed by atoms with Crippen molar-refractivity contribution in [2.75, 3.05) is 24.5 Å². The molecule has 4 rings (SSSR count). The minimum absolute atomic E-state index is 0.0235. The van der Waals surface area contributed by atoms with Crippen LogP contribution in [0.2, 0.25) is 0 Å². The molecule has 0 radical (unpaired) electrons. The van der Waals surface area contributed by atoms with Gasteiger partial charge in [-0.2, -0.15) is 0 Å². The molecule has 1 atom stereocenters. The molecule has 0 unspecified atom stereocenters. The Hall–Kier alpha value is -2.33. The van der Waals surface area contributed by atoms with Crippen LogP contribution in [0.25, 0.3) is 0 Å². The molecule has 1 N–H and O–H groups in total. The van der Waals surface area contributed by atoms with Gasteiger partial charge in [-0.1, -0.05) is 48.5 Å². The fourth-order valence-corrected chi connectivity index (χ4v) is 4.20. The standard InChI is InChI=1S/C22H27N3O/c1-16(2)23-22(26)25-15-20(19-10-6-7-11-21(19)25)18-13-24(14-18)12-17-8-4-3-5-9-17/h3-11,16,18,20H,12-15H2,1-2H3,(H,23,26)/t20-/m0/s1. The normalized spacial score (nSPS) is 20.1. The fourth-order valence-electron chi connectivity index (χ4n) is 4.20. The molecule has 4 heteroatoms. The number of hydrogen-bond donors (Lipinski definition) is 1. The minimum Gasteiger partial charge on any atom is -0.336 e. The van der Waals surface area contributed by atoms with Gasteiger partial charge in [0.1, 0.15) is 0 Å². The molecule has 0 saturated carbocycles. The van der Waals surface area contributed by atoms with Crippen LogP contribution in [0.15, 0.2) is 54.6 Å². The summed E-state index contributed by atoms with van der Waals surface area (Å²) >= 11 is 0. The molecule has 0 spiro atoms. The van der Waals surface area contributed by atoms with Crippen molar-refractivity contribution < 1.29 is 4.79 Å². The van der Waals surface area contributed by atoms with Crippen LogP contribution < -0.4 is 10.2 Å². The zero-order chi connectivity index (χ0) is 18.1. The topological polar surface area (TPSA) is 35.6 Å². The molecular weight excluding hydrogens is 322 g/mol. The molecule has 0 bridgehead atoms. The summed E-state index contributed by atoms with van der Waals surface area (Å²) in [6.45, 7) is 8.03. The molecular formula is C22H27N3O. The second kappa shape index (κ2) is 7.12. The molecule has 0 aliphatic carbocycles. The van der Waals surface area contributed by atoms with Gasteiger partial charge >= 0.3 is 6.03 Å². The van der Waals surface area contributed by atoms with E-state index in [9.17, 15) is 4.79 Å². The molecule has 1 saturated heterocycles. The van der Waals surface area contributed by atoms with E-state index in [0.717, 1.165) is 31.9 Å². The van der Waals surface area contributed by atoms with E-state index >= 15 is 0 Å². The number of nitrogens with one attached hydrogen (secondary N) is 1. The van der Waals surface area contributed by atoms with Crippen LogP contribution in [0.1, 0.15) is 30.9 Å². The van der Waals surface area contributed by atoms with Crippen LogP contribution in [-0.4, -0.2) is 36.6 Å². The number of carbonyl (C=O) groups is 1. The SMILES string of the molecule is CC(C)NC(=O)N1C[C@@H](C2CN(Cc3ccccc3)C2)c2ccccc21. The molecule has 2 aliphatic rings. The Morgan fingerprint density at radius 1 is 1.04 bits per heavy atom. The summed E-state index contributed by atoms with van der Waals surface area (Å²) in [5.74, 6) is 1.06. The maximum Gasteiger partial charge on any atom is 0.322 e. The lowest BCUT2D eigenvalue weighted by molar-refractivity contribution is 0.0763. The van der Waals surface area contributed by atoms with E-state index in [1.54, 1.807) is 0 Å². The van der Waals surface area contributed by atoms with E-state index in [1.807, 2.05) is 24.8 Å². The first-order valence-corrected chi connectivity index (χ1v) is 9.55. The highest BCUT2D eigenvalue weighted by atomic mass is 16.2. The number of amides is 2. The summed E-state index contributed by atoms with van der Waals surface area (Å²) in [4.78, 5) is 17.0. The average Bonchev–Trinajstić information content (AvgIpc) is 2.97. The summed E-state index contributed by atoms with van der Waals surface area (Å²) in [7, 11) is 0. The van der Waals surface area contributed by atoms with Crippen LogP contribution in [0, 0.1) is 5.92 Å². The van der Waals surface area contributed by atoms with Crippen LogP contribution in [0.4, 0.5) is 10.5 Å². The van der Waals surface area contributed by atoms with E-state index in [1.165, 1.54) is 11.1 Å². The van der Waals surface area contributed by atoms with Crippen molar-refractivity contribution in [3.63, 3.8) is 0 Å². The predicted molar refractivity (Wildman–Crippen MR) is 105 cm³/mol. The van der Waals surface area contributed by atoms with Crippen LogP contribution in [0.5, 0.6) is 0 Å². The predicted octanol–water partition coefficient (Wildman–Crippen LogP) is 3.84. The van der Waals surface area contributed by atoms with Gasteiger partial charge < -0.3 is 5.32 Å². The highest BCUT2D eigenvalue weighted by Gasteiger charge is 2.41. The lowest BCUT2D eigenvalue weighted by atomic mass is 9.82. The summed E-state index contributed by atoms with van der Waals surface area (Å²) in [5, 5.41) is 3.04. The first-order chi connectivity index (χ1) is 12.6. The third kappa shape index (κ3) is 3.34. The molecule has 0 aromatic heterocycles. The number of rotatable bonds is 4. The first kappa shape index (κ1) is 17.1.